The van der Waals surface area contributed by atoms with Crippen LogP contribution in [0.1, 0.15) is 25.3 Å². The van der Waals surface area contributed by atoms with Gasteiger partial charge in [0.25, 0.3) is 0 Å². The zero-order valence-electron chi connectivity index (χ0n) is 7.68. The first-order valence-electron chi connectivity index (χ1n) is 4.41. The van der Waals surface area contributed by atoms with Crippen LogP contribution in [0.4, 0.5) is 4.39 Å². The summed E-state index contributed by atoms with van der Waals surface area (Å²) < 4.78 is 13.9. The molecule has 0 aliphatic heterocycles. The van der Waals surface area contributed by atoms with Gasteiger partial charge in [0.2, 0.25) is 0 Å². The molecule has 0 aliphatic carbocycles. The van der Waals surface area contributed by atoms with E-state index in [9.17, 15) is 4.39 Å². The molecule has 1 atom stereocenters. The molecule has 0 spiro atoms. The van der Waals surface area contributed by atoms with Gasteiger partial charge in [0.05, 0.1) is 10.2 Å². The van der Waals surface area contributed by atoms with Gasteiger partial charge >= 0.3 is 0 Å². The zero-order valence-corrected chi connectivity index (χ0v) is 9.68. The molecule has 0 aromatic heterocycles. The van der Waals surface area contributed by atoms with Gasteiger partial charge in [0.15, 0.2) is 0 Å². The van der Waals surface area contributed by atoms with Crippen molar-refractivity contribution >= 4 is 10.2 Å². The fraction of sp³-hybridized carbons (Fsp3) is 0.400. The highest BCUT2D eigenvalue weighted by Gasteiger charge is 2.23. The average Bonchev–Trinajstić information content (AvgIpc) is 2.06. The molecule has 0 amide bonds. The molecule has 0 saturated heterocycles. The van der Waals surface area contributed by atoms with Gasteiger partial charge in [-0.1, -0.05) is 43.7 Å². The second-order valence-electron chi connectivity index (χ2n) is 3.31. The molecule has 1 unspecified atom stereocenters. The summed E-state index contributed by atoms with van der Waals surface area (Å²) >= 11 is 0. The molecular formula is C10H15FSi. The Morgan fingerprint density at radius 2 is 1.92 bits per heavy atom. The number of benzene rings is 1. The van der Waals surface area contributed by atoms with Crippen molar-refractivity contribution in [1.82, 2.24) is 0 Å². The summed E-state index contributed by atoms with van der Waals surface area (Å²) in [7, 11) is 0.579. The Balaban J connectivity index is 2.82. The molecule has 66 valence electrons. The van der Waals surface area contributed by atoms with E-state index < -0.39 is 5.29 Å². The molecular weight excluding hydrogens is 167 g/mol. The topological polar surface area (TPSA) is 0 Å². The summed E-state index contributed by atoms with van der Waals surface area (Å²) in [5.41, 5.74) is 0.846. The average molecular weight is 182 g/mol. The monoisotopic (exact) mass is 182 g/mol. The van der Waals surface area contributed by atoms with Crippen LogP contribution in [0.2, 0.25) is 0 Å². The Bertz CT molecular complexity index is 231. The first-order chi connectivity index (χ1) is 5.67. The smallest absolute Gasteiger partial charge is 0.113 e. The number of hydrogen-bond donors (Lipinski definition) is 0. The number of halogens is 1. The van der Waals surface area contributed by atoms with Gasteiger partial charge in [-0.3, -0.25) is 0 Å². The maximum absolute atomic E-state index is 13.9. The Morgan fingerprint density at radius 1 is 1.33 bits per heavy atom. The van der Waals surface area contributed by atoms with E-state index in [-0.39, 0.29) is 0 Å². The fourth-order valence-corrected chi connectivity index (χ4v) is 2.23. The third-order valence-electron chi connectivity index (χ3n) is 2.10. The van der Waals surface area contributed by atoms with Crippen LogP contribution in [0.15, 0.2) is 30.3 Å². The minimum atomic E-state index is -1.02. The third-order valence-corrected chi connectivity index (χ3v) is 3.17. The highest BCUT2D eigenvalue weighted by Crippen LogP contribution is 2.26. The van der Waals surface area contributed by atoms with Gasteiger partial charge in [-0.2, -0.15) is 0 Å². The van der Waals surface area contributed by atoms with Crippen molar-refractivity contribution in [3.63, 3.8) is 0 Å². The van der Waals surface area contributed by atoms with E-state index in [0.29, 0.717) is 16.7 Å². The summed E-state index contributed by atoms with van der Waals surface area (Å²) in [6.07, 6.45) is 1.57. The van der Waals surface area contributed by atoms with E-state index in [4.69, 9.17) is 0 Å². The molecule has 1 aromatic rings. The molecule has 1 rings (SSSR count). The van der Waals surface area contributed by atoms with Crippen LogP contribution in [0.3, 0.4) is 0 Å². The molecule has 2 heteroatoms. The predicted octanol–water partition coefficient (Wildman–Crippen LogP) is 1.97. The quantitative estimate of drug-likeness (QED) is 0.627. The lowest BCUT2D eigenvalue weighted by Crippen LogP contribution is -2.19. The van der Waals surface area contributed by atoms with E-state index in [1.807, 2.05) is 37.3 Å². The lowest BCUT2D eigenvalue weighted by molar-refractivity contribution is 0.262. The molecule has 0 radical (unpaired) electrons. The van der Waals surface area contributed by atoms with Crippen LogP contribution in [0.5, 0.6) is 0 Å². The van der Waals surface area contributed by atoms with Crippen molar-refractivity contribution in [1.29, 1.82) is 0 Å². The van der Waals surface area contributed by atoms with E-state index >= 15 is 0 Å². The van der Waals surface area contributed by atoms with Crippen LogP contribution in [0.25, 0.3) is 0 Å². The summed E-state index contributed by atoms with van der Waals surface area (Å²) in [4.78, 5) is 0. The summed E-state index contributed by atoms with van der Waals surface area (Å²) in [6, 6.07) is 9.48. The summed E-state index contributed by atoms with van der Waals surface area (Å²) in [6.45, 7) is 2.02. The summed E-state index contributed by atoms with van der Waals surface area (Å²) in [5, 5.41) is -1.02. The number of rotatable bonds is 3. The molecule has 1 aromatic carbocycles. The highest BCUT2D eigenvalue weighted by molar-refractivity contribution is 6.14. The molecule has 0 nitrogen and oxygen atoms in total. The predicted molar refractivity (Wildman–Crippen MR) is 54.1 cm³/mol. The standard InChI is InChI=1S/C10H15FSi/c1-2-8-10(11,12)9-6-4-3-5-7-9/h3-7H,2,8H2,1,12H3. The van der Waals surface area contributed by atoms with Gasteiger partial charge in [0, 0.05) is 0 Å². The molecule has 0 bridgehead atoms. The van der Waals surface area contributed by atoms with Crippen LogP contribution < -0.4 is 0 Å². The van der Waals surface area contributed by atoms with E-state index in [1.54, 1.807) is 0 Å². The fourth-order valence-electron chi connectivity index (χ4n) is 1.40. The van der Waals surface area contributed by atoms with Gasteiger partial charge < -0.3 is 0 Å². The van der Waals surface area contributed by atoms with Gasteiger partial charge in [-0.15, -0.1) is 0 Å². The number of alkyl halides is 1. The summed E-state index contributed by atoms with van der Waals surface area (Å²) in [5.74, 6) is 0. The first-order valence-corrected chi connectivity index (χ1v) is 5.41. The Labute approximate surface area is 76.2 Å². The van der Waals surface area contributed by atoms with Crippen molar-refractivity contribution in [2.45, 2.75) is 25.1 Å². The molecule has 0 heterocycles. The second kappa shape index (κ2) is 3.85. The lowest BCUT2D eigenvalue weighted by atomic mass is 10.1. The normalized spacial score (nSPS) is 15.8. The molecule has 0 N–H and O–H groups in total. The highest BCUT2D eigenvalue weighted by atomic mass is 28.1. The van der Waals surface area contributed by atoms with Crippen LogP contribution >= 0.6 is 0 Å². The zero-order chi connectivity index (χ0) is 9.03. The maximum Gasteiger partial charge on any atom is 0.113 e. The van der Waals surface area contributed by atoms with Gasteiger partial charge in [-0.25, -0.2) is 4.39 Å². The molecule has 12 heavy (non-hydrogen) atoms. The van der Waals surface area contributed by atoms with Crippen LogP contribution in [-0.2, 0) is 5.29 Å². The first kappa shape index (κ1) is 9.45. The van der Waals surface area contributed by atoms with E-state index in [1.165, 1.54) is 0 Å². The van der Waals surface area contributed by atoms with Crippen LogP contribution in [-0.4, -0.2) is 10.2 Å². The largest absolute Gasteiger partial charge is 0.244 e. The van der Waals surface area contributed by atoms with Crippen molar-refractivity contribution in [3.05, 3.63) is 35.9 Å². The molecule has 0 saturated carbocycles. The van der Waals surface area contributed by atoms with Crippen molar-refractivity contribution in [2.75, 3.05) is 0 Å². The Kier molecular flexibility index (Phi) is 3.03. The SMILES string of the molecule is CCCC(F)([SiH3])c1ccccc1. The maximum atomic E-state index is 13.9. The van der Waals surface area contributed by atoms with Crippen molar-refractivity contribution < 1.29 is 4.39 Å². The lowest BCUT2D eigenvalue weighted by Gasteiger charge is -2.19. The Morgan fingerprint density at radius 3 is 2.42 bits per heavy atom. The third kappa shape index (κ3) is 2.17. The van der Waals surface area contributed by atoms with E-state index in [0.717, 1.165) is 12.0 Å². The second-order valence-corrected chi connectivity index (χ2v) is 4.90. The van der Waals surface area contributed by atoms with Gasteiger partial charge in [-0.05, 0) is 12.0 Å². The van der Waals surface area contributed by atoms with E-state index in [2.05, 4.69) is 0 Å². The molecule has 0 fully saturated rings. The number of hydrogen-bond acceptors (Lipinski definition) is 0. The van der Waals surface area contributed by atoms with Crippen molar-refractivity contribution in [3.8, 4) is 0 Å². The van der Waals surface area contributed by atoms with Crippen LogP contribution in [0, 0.1) is 0 Å². The molecule has 0 aliphatic rings. The van der Waals surface area contributed by atoms with Crippen molar-refractivity contribution in [2.24, 2.45) is 0 Å². The Hall–Kier alpha value is -0.633. The minimum Gasteiger partial charge on any atom is -0.244 e. The van der Waals surface area contributed by atoms with Gasteiger partial charge in [0.1, 0.15) is 5.29 Å². The minimum absolute atomic E-state index is 0.579.